The molecule has 4 rings (SSSR count). The summed E-state index contributed by atoms with van der Waals surface area (Å²) < 4.78 is 22.6. The average molecular weight is 507 g/mol. The fraction of sp³-hybridized carbons (Fsp3) is 0.231. The lowest BCUT2D eigenvalue weighted by molar-refractivity contribution is -0.114. The van der Waals surface area contributed by atoms with Gasteiger partial charge in [0.1, 0.15) is 13.2 Å². The van der Waals surface area contributed by atoms with E-state index >= 15 is 0 Å². The fourth-order valence-electron chi connectivity index (χ4n) is 3.58. The quantitative estimate of drug-likeness (QED) is 0.287. The predicted octanol–water partition coefficient (Wildman–Crippen LogP) is 4.53. The Labute approximate surface area is 213 Å². The second-order valence-corrected chi connectivity index (χ2v) is 8.88. The third kappa shape index (κ3) is 5.44. The van der Waals surface area contributed by atoms with E-state index in [4.69, 9.17) is 24.4 Å². The van der Waals surface area contributed by atoms with Crippen molar-refractivity contribution >= 4 is 39.8 Å². The first-order chi connectivity index (χ1) is 17.4. The van der Waals surface area contributed by atoms with Crippen molar-refractivity contribution < 1.29 is 23.7 Å². The van der Waals surface area contributed by atoms with Gasteiger partial charge in [0.2, 0.25) is 5.17 Å². The normalized spacial score (nSPS) is 15.9. The fourth-order valence-corrected chi connectivity index (χ4v) is 4.31. The van der Waals surface area contributed by atoms with Crippen LogP contribution in [0.4, 0.5) is 0 Å². The van der Waals surface area contributed by atoms with E-state index in [1.807, 2.05) is 24.3 Å². The Bertz CT molecular complexity index is 1300. The summed E-state index contributed by atoms with van der Waals surface area (Å²) in [4.78, 5) is 16.5. The zero-order valence-electron chi connectivity index (χ0n) is 20.2. The highest BCUT2D eigenvalue weighted by Gasteiger charge is 2.34. The van der Waals surface area contributed by atoms with Gasteiger partial charge in [0.15, 0.2) is 28.8 Å². The predicted molar refractivity (Wildman–Crippen MR) is 142 cm³/mol. The Balaban J connectivity index is 1.41. The molecular weight excluding hydrogens is 480 g/mol. The number of rotatable bonds is 10. The molecule has 0 aromatic heterocycles. The molecule has 0 unspecified atom stereocenters. The molecule has 10 heteroatoms. The molecule has 1 amide bonds. The molecule has 9 nitrogen and oxygen atoms in total. The molecule has 0 radical (unpaired) electrons. The molecule has 0 aliphatic carbocycles. The van der Waals surface area contributed by atoms with E-state index in [1.54, 1.807) is 38.3 Å². The van der Waals surface area contributed by atoms with Crippen LogP contribution in [0, 0.1) is 5.41 Å². The Kier molecular flexibility index (Phi) is 7.74. The minimum Gasteiger partial charge on any atom is -0.493 e. The number of amidine groups is 2. The number of fused-ring (bicyclic) bond motifs is 1. The SMILES string of the molecule is C=CCc1ccc(OCCOc2ccc(C=C3C(=N)N4N=C(C)SC4=NC3=O)cc2OC)c(OC)c1. The molecule has 0 saturated heterocycles. The van der Waals surface area contributed by atoms with Crippen molar-refractivity contribution in [2.24, 2.45) is 10.1 Å². The summed E-state index contributed by atoms with van der Waals surface area (Å²) in [6.45, 7) is 6.13. The summed E-state index contributed by atoms with van der Waals surface area (Å²) >= 11 is 1.27. The van der Waals surface area contributed by atoms with Crippen LogP contribution >= 0.6 is 11.8 Å². The minimum absolute atomic E-state index is 0.0151. The molecule has 186 valence electrons. The first kappa shape index (κ1) is 25.1. The molecule has 2 aromatic carbocycles. The number of methoxy groups -OCH3 is 2. The van der Waals surface area contributed by atoms with E-state index in [0.717, 1.165) is 17.0 Å². The van der Waals surface area contributed by atoms with Gasteiger partial charge in [0.25, 0.3) is 5.91 Å². The van der Waals surface area contributed by atoms with Gasteiger partial charge in [0, 0.05) is 0 Å². The topological polar surface area (TPSA) is 106 Å². The molecule has 0 saturated carbocycles. The van der Waals surface area contributed by atoms with E-state index in [1.165, 1.54) is 23.9 Å². The number of aliphatic imine (C=N–C) groups is 1. The van der Waals surface area contributed by atoms with Crippen molar-refractivity contribution in [1.29, 1.82) is 5.41 Å². The van der Waals surface area contributed by atoms with E-state index in [-0.39, 0.29) is 18.0 Å². The van der Waals surface area contributed by atoms with Crippen LogP contribution in [0.2, 0.25) is 0 Å². The molecule has 2 aliphatic heterocycles. The van der Waals surface area contributed by atoms with Crippen LogP contribution in [0.25, 0.3) is 6.08 Å². The molecule has 0 fully saturated rings. The summed E-state index contributed by atoms with van der Waals surface area (Å²) in [5.74, 6) is 1.80. The van der Waals surface area contributed by atoms with Crippen LogP contribution < -0.4 is 18.9 Å². The van der Waals surface area contributed by atoms with Gasteiger partial charge in [-0.05, 0) is 66.6 Å². The minimum atomic E-state index is -0.479. The molecular formula is C26H26N4O5S. The molecule has 2 aliphatic rings. The van der Waals surface area contributed by atoms with Crippen LogP contribution in [0.5, 0.6) is 23.0 Å². The number of ether oxygens (including phenoxy) is 4. The summed E-state index contributed by atoms with van der Waals surface area (Å²) in [5.41, 5.74) is 1.90. The highest BCUT2D eigenvalue weighted by molar-refractivity contribution is 8.26. The van der Waals surface area contributed by atoms with Gasteiger partial charge >= 0.3 is 0 Å². The van der Waals surface area contributed by atoms with E-state index in [2.05, 4.69) is 16.7 Å². The van der Waals surface area contributed by atoms with E-state index < -0.39 is 5.91 Å². The second kappa shape index (κ2) is 11.1. The number of hydrogen-bond acceptors (Lipinski definition) is 8. The van der Waals surface area contributed by atoms with Crippen molar-refractivity contribution in [3.63, 3.8) is 0 Å². The Morgan fingerprint density at radius 2 is 1.69 bits per heavy atom. The Morgan fingerprint density at radius 1 is 1.03 bits per heavy atom. The average Bonchev–Trinajstić information content (AvgIpc) is 3.25. The van der Waals surface area contributed by atoms with Gasteiger partial charge in [-0.1, -0.05) is 18.2 Å². The van der Waals surface area contributed by atoms with Gasteiger partial charge in [-0.3, -0.25) is 10.2 Å². The molecule has 1 N–H and O–H groups in total. The molecule has 0 bridgehead atoms. The number of allylic oxidation sites excluding steroid dienone is 1. The highest BCUT2D eigenvalue weighted by Crippen LogP contribution is 2.32. The largest absolute Gasteiger partial charge is 0.493 e. The van der Waals surface area contributed by atoms with Crippen LogP contribution in [-0.4, -0.2) is 54.4 Å². The van der Waals surface area contributed by atoms with E-state index in [0.29, 0.717) is 40.3 Å². The van der Waals surface area contributed by atoms with Crippen molar-refractivity contribution in [3.8, 4) is 23.0 Å². The summed E-state index contributed by atoms with van der Waals surface area (Å²) in [7, 11) is 3.14. The van der Waals surface area contributed by atoms with Crippen LogP contribution in [0.15, 0.2) is 64.7 Å². The van der Waals surface area contributed by atoms with Crippen molar-refractivity contribution in [1.82, 2.24) is 5.01 Å². The number of hydrogen-bond donors (Lipinski definition) is 1. The lowest BCUT2D eigenvalue weighted by Gasteiger charge is -2.20. The van der Waals surface area contributed by atoms with Crippen molar-refractivity contribution in [3.05, 3.63) is 65.8 Å². The van der Waals surface area contributed by atoms with Crippen molar-refractivity contribution in [2.45, 2.75) is 13.3 Å². The number of nitrogens with zero attached hydrogens (tertiary/aromatic N) is 3. The smallest absolute Gasteiger partial charge is 0.283 e. The van der Waals surface area contributed by atoms with Crippen LogP contribution in [-0.2, 0) is 11.2 Å². The van der Waals surface area contributed by atoms with Gasteiger partial charge in [-0.2, -0.15) is 15.1 Å². The maximum atomic E-state index is 12.5. The lowest BCUT2D eigenvalue weighted by Crippen LogP contribution is -2.35. The first-order valence-electron chi connectivity index (χ1n) is 11.1. The van der Waals surface area contributed by atoms with Crippen LogP contribution in [0.3, 0.4) is 0 Å². The molecule has 0 spiro atoms. The summed E-state index contributed by atoms with van der Waals surface area (Å²) in [6, 6.07) is 11.0. The summed E-state index contributed by atoms with van der Waals surface area (Å²) in [6.07, 6.45) is 4.18. The zero-order chi connectivity index (χ0) is 25.7. The number of thioether (sulfide) groups is 1. The first-order valence-corrected chi connectivity index (χ1v) is 11.9. The third-order valence-corrected chi connectivity index (χ3v) is 6.08. The number of carbonyl (C=O) groups is 1. The van der Waals surface area contributed by atoms with Gasteiger partial charge in [0.05, 0.1) is 24.8 Å². The number of hydrazone groups is 1. The third-order valence-electron chi connectivity index (χ3n) is 5.26. The van der Waals surface area contributed by atoms with Gasteiger partial charge in [-0.25, -0.2) is 0 Å². The highest BCUT2D eigenvalue weighted by atomic mass is 32.2. The number of carbonyl (C=O) groups excluding carboxylic acids is 1. The molecule has 2 heterocycles. The van der Waals surface area contributed by atoms with Crippen LogP contribution in [0.1, 0.15) is 18.1 Å². The Morgan fingerprint density at radius 3 is 2.36 bits per heavy atom. The Hall–Kier alpha value is -4.05. The summed E-state index contributed by atoms with van der Waals surface area (Å²) in [5, 5.41) is 15.1. The van der Waals surface area contributed by atoms with Crippen molar-refractivity contribution in [2.75, 3.05) is 27.4 Å². The zero-order valence-corrected chi connectivity index (χ0v) is 21.1. The molecule has 0 atom stereocenters. The van der Waals surface area contributed by atoms with Gasteiger partial charge in [-0.15, -0.1) is 6.58 Å². The van der Waals surface area contributed by atoms with E-state index in [9.17, 15) is 4.79 Å². The number of benzene rings is 2. The maximum Gasteiger partial charge on any atom is 0.283 e. The molecule has 36 heavy (non-hydrogen) atoms. The molecule has 2 aromatic rings. The lowest BCUT2D eigenvalue weighted by atomic mass is 10.1. The number of nitrogens with one attached hydrogen (secondary N) is 1. The standard InChI is InChI=1S/C26H26N4O5S/c1-5-6-17-7-9-20(22(14-17)32-3)34-11-12-35-21-10-8-18(15-23(21)33-4)13-19-24(27)30-26(28-25(19)31)36-16(2)29-30/h5,7-10,13-15,27H,1,6,11-12H2,2-4H3. The second-order valence-electron chi connectivity index (χ2n) is 7.72. The monoisotopic (exact) mass is 506 g/mol. The number of amides is 1. The van der Waals surface area contributed by atoms with Gasteiger partial charge < -0.3 is 18.9 Å². The maximum absolute atomic E-state index is 12.5.